The molecule has 0 saturated carbocycles. The monoisotopic (exact) mass is 322 g/mol. The molecule has 0 amide bonds. The van der Waals surface area contributed by atoms with Gasteiger partial charge in [0.2, 0.25) is 0 Å². The van der Waals surface area contributed by atoms with E-state index in [9.17, 15) is 0 Å². The number of rotatable bonds is 3. The van der Waals surface area contributed by atoms with E-state index in [2.05, 4.69) is 57.9 Å². The summed E-state index contributed by atoms with van der Waals surface area (Å²) < 4.78 is 0. The summed E-state index contributed by atoms with van der Waals surface area (Å²) in [6, 6.07) is 28.8. The minimum atomic E-state index is 0.302. The summed E-state index contributed by atoms with van der Waals surface area (Å²) in [6.07, 6.45) is 0. The molecule has 0 atom stereocenters. The van der Waals surface area contributed by atoms with E-state index < -0.39 is 0 Å². The van der Waals surface area contributed by atoms with Gasteiger partial charge >= 0.3 is 0 Å². The first-order chi connectivity index (χ1) is 12.3. The van der Waals surface area contributed by atoms with Crippen LogP contribution in [0.15, 0.2) is 78.9 Å². The van der Waals surface area contributed by atoms with Gasteiger partial charge in [-0.25, -0.2) is 0 Å². The third-order valence-electron chi connectivity index (χ3n) is 4.12. The minimum Gasteiger partial charge on any atom is -0.196 e. The van der Waals surface area contributed by atoms with Crippen molar-refractivity contribution in [3.8, 4) is 39.6 Å². The van der Waals surface area contributed by atoms with E-state index in [1.807, 2.05) is 42.5 Å². The number of nitrogens with zero attached hydrogens (tertiary/aromatic N) is 3. The molecule has 4 nitrogen and oxygen atoms in total. The molecular formula is C21H14N4. The van der Waals surface area contributed by atoms with E-state index >= 15 is 0 Å². The normalized spacial score (nSPS) is 10.4. The van der Waals surface area contributed by atoms with Crippen LogP contribution in [0.3, 0.4) is 0 Å². The SMILES string of the molecule is N#Cc1n[nH]nc1-c1cccc(-c2ccc(-c3ccccc3)cc2)c1. The van der Waals surface area contributed by atoms with Crippen molar-refractivity contribution in [3.63, 3.8) is 0 Å². The molecule has 0 radical (unpaired) electrons. The molecule has 0 bridgehead atoms. The summed E-state index contributed by atoms with van der Waals surface area (Å²) in [5.74, 6) is 0. The van der Waals surface area contributed by atoms with Crippen molar-refractivity contribution in [2.75, 3.05) is 0 Å². The number of aromatic amines is 1. The highest BCUT2D eigenvalue weighted by molar-refractivity contribution is 5.75. The summed E-state index contributed by atoms with van der Waals surface area (Å²) >= 11 is 0. The van der Waals surface area contributed by atoms with Crippen molar-refractivity contribution in [2.45, 2.75) is 0 Å². The summed E-state index contributed by atoms with van der Waals surface area (Å²) in [5, 5.41) is 19.6. The van der Waals surface area contributed by atoms with Crippen molar-refractivity contribution < 1.29 is 0 Å². The molecular weight excluding hydrogens is 308 g/mol. The highest BCUT2D eigenvalue weighted by atomic mass is 15.3. The number of nitriles is 1. The molecule has 0 saturated heterocycles. The molecule has 118 valence electrons. The summed E-state index contributed by atoms with van der Waals surface area (Å²) in [5.41, 5.74) is 6.32. The average molecular weight is 322 g/mol. The van der Waals surface area contributed by atoms with Crippen LogP contribution in [0.1, 0.15) is 5.69 Å². The lowest BCUT2D eigenvalue weighted by molar-refractivity contribution is 0.937. The van der Waals surface area contributed by atoms with E-state index in [-0.39, 0.29) is 0 Å². The fourth-order valence-electron chi connectivity index (χ4n) is 2.84. The van der Waals surface area contributed by atoms with Crippen LogP contribution in [0.4, 0.5) is 0 Å². The first-order valence-electron chi connectivity index (χ1n) is 7.92. The second-order valence-electron chi connectivity index (χ2n) is 5.66. The van der Waals surface area contributed by atoms with Gasteiger partial charge in [-0.3, -0.25) is 0 Å². The van der Waals surface area contributed by atoms with Crippen LogP contribution in [0.2, 0.25) is 0 Å². The lowest BCUT2D eigenvalue weighted by Crippen LogP contribution is -1.85. The van der Waals surface area contributed by atoms with Gasteiger partial charge in [-0.1, -0.05) is 72.8 Å². The van der Waals surface area contributed by atoms with Crippen LogP contribution in [-0.4, -0.2) is 15.4 Å². The van der Waals surface area contributed by atoms with E-state index in [4.69, 9.17) is 5.26 Å². The molecule has 0 aliphatic carbocycles. The highest BCUT2D eigenvalue weighted by Crippen LogP contribution is 2.28. The zero-order chi connectivity index (χ0) is 17.1. The van der Waals surface area contributed by atoms with Gasteiger partial charge in [-0.15, -0.1) is 5.10 Å². The largest absolute Gasteiger partial charge is 0.196 e. The molecule has 1 N–H and O–H groups in total. The molecule has 0 unspecified atom stereocenters. The van der Waals surface area contributed by atoms with E-state index in [0.717, 1.165) is 16.7 Å². The van der Waals surface area contributed by atoms with Crippen molar-refractivity contribution in [1.82, 2.24) is 15.4 Å². The Kier molecular flexibility index (Phi) is 3.82. The summed E-state index contributed by atoms with van der Waals surface area (Å²) in [4.78, 5) is 0. The third kappa shape index (κ3) is 2.91. The lowest BCUT2D eigenvalue weighted by Gasteiger charge is -2.06. The Bertz CT molecular complexity index is 1040. The molecule has 25 heavy (non-hydrogen) atoms. The van der Waals surface area contributed by atoms with Crippen LogP contribution in [0, 0.1) is 11.3 Å². The Labute approximate surface area is 145 Å². The van der Waals surface area contributed by atoms with E-state index in [1.54, 1.807) is 0 Å². The molecule has 0 spiro atoms. The van der Waals surface area contributed by atoms with Gasteiger partial charge in [-0.05, 0) is 28.3 Å². The molecule has 0 aliphatic heterocycles. The molecule has 1 aromatic heterocycles. The number of nitrogens with one attached hydrogen (secondary N) is 1. The van der Waals surface area contributed by atoms with E-state index in [1.165, 1.54) is 11.1 Å². The predicted molar refractivity (Wildman–Crippen MR) is 97.4 cm³/mol. The van der Waals surface area contributed by atoms with Gasteiger partial charge in [0.1, 0.15) is 11.8 Å². The smallest absolute Gasteiger partial charge is 0.190 e. The van der Waals surface area contributed by atoms with Crippen molar-refractivity contribution in [3.05, 3.63) is 84.6 Å². The van der Waals surface area contributed by atoms with Crippen molar-refractivity contribution >= 4 is 0 Å². The first-order valence-corrected chi connectivity index (χ1v) is 7.92. The van der Waals surface area contributed by atoms with Gasteiger partial charge in [0, 0.05) is 5.56 Å². The number of hydrogen-bond donors (Lipinski definition) is 1. The molecule has 0 fully saturated rings. The quantitative estimate of drug-likeness (QED) is 0.595. The predicted octanol–water partition coefficient (Wildman–Crippen LogP) is 4.68. The van der Waals surface area contributed by atoms with Gasteiger partial charge in [0.05, 0.1) is 0 Å². The Hall–Kier alpha value is -3.71. The van der Waals surface area contributed by atoms with Crippen molar-refractivity contribution in [1.29, 1.82) is 5.26 Å². The van der Waals surface area contributed by atoms with Gasteiger partial charge < -0.3 is 0 Å². The van der Waals surface area contributed by atoms with Crippen LogP contribution >= 0.6 is 0 Å². The molecule has 3 aromatic carbocycles. The van der Waals surface area contributed by atoms with Crippen LogP contribution < -0.4 is 0 Å². The Morgan fingerprint density at radius 2 is 1.24 bits per heavy atom. The molecule has 4 heteroatoms. The lowest BCUT2D eigenvalue weighted by atomic mass is 9.98. The van der Waals surface area contributed by atoms with E-state index in [0.29, 0.717) is 11.4 Å². The second kappa shape index (κ2) is 6.42. The third-order valence-corrected chi connectivity index (χ3v) is 4.12. The molecule has 4 aromatic rings. The highest BCUT2D eigenvalue weighted by Gasteiger charge is 2.10. The summed E-state index contributed by atoms with van der Waals surface area (Å²) in [6.45, 7) is 0. The molecule has 0 aliphatic rings. The van der Waals surface area contributed by atoms with Crippen LogP contribution in [0.25, 0.3) is 33.5 Å². The summed E-state index contributed by atoms with van der Waals surface area (Å²) in [7, 11) is 0. The average Bonchev–Trinajstić information content (AvgIpc) is 3.18. The number of hydrogen-bond acceptors (Lipinski definition) is 3. The maximum absolute atomic E-state index is 9.12. The maximum atomic E-state index is 9.12. The minimum absolute atomic E-state index is 0.302. The zero-order valence-corrected chi connectivity index (χ0v) is 13.3. The number of aromatic nitrogens is 3. The van der Waals surface area contributed by atoms with Gasteiger partial charge in [-0.2, -0.15) is 15.6 Å². The fraction of sp³-hybridized carbons (Fsp3) is 0. The maximum Gasteiger partial charge on any atom is 0.190 e. The Morgan fingerprint density at radius 3 is 1.96 bits per heavy atom. The molecule has 1 heterocycles. The number of benzene rings is 3. The Morgan fingerprint density at radius 1 is 0.640 bits per heavy atom. The topological polar surface area (TPSA) is 65.4 Å². The second-order valence-corrected chi connectivity index (χ2v) is 5.66. The van der Waals surface area contributed by atoms with Gasteiger partial charge in [0.25, 0.3) is 0 Å². The zero-order valence-electron chi connectivity index (χ0n) is 13.3. The van der Waals surface area contributed by atoms with Crippen molar-refractivity contribution in [2.24, 2.45) is 0 Å². The van der Waals surface area contributed by atoms with Crippen LogP contribution in [0.5, 0.6) is 0 Å². The Balaban J connectivity index is 1.69. The standard InChI is InChI=1S/C21H14N4/c22-14-20-21(24-25-23-20)19-8-4-7-18(13-19)17-11-9-16(10-12-17)15-5-2-1-3-6-15/h1-13H,(H,23,24,25). The fourth-order valence-corrected chi connectivity index (χ4v) is 2.84. The first kappa shape index (κ1) is 14.9. The molecule has 4 rings (SSSR count). The van der Waals surface area contributed by atoms with Gasteiger partial charge in [0.15, 0.2) is 5.69 Å². The number of H-pyrrole nitrogens is 1. The van der Waals surface area contributed by atoms with Crippen LogP contribution in [-0.2, 0) is 0 Å².